The molecule has 5 heteroatoms. The van der Waals surface area contributed by atoms with Crippen molar-refractivity contribution < 1.29 is 9.72 Å². The molecule has 2 aromatic rings. The molecule has 0 aliphatic heterocycles. The average molecular weight is 388 g/mol. The van der Waals surface area contributed by atoms with Gasteiger partial charge in [-0.05, 0) is 30.2 Å². The second-order valence-electron chi connectivity index (χ2n) is 5.69. The monoisotopic (exact) mass is 387 g/mol. The van der Waals surface area contributed by atoms with E-state index in [4.69, 9.17) is 0 Å². The van der Waals surface area contributed by atoms with E-state index in [1.54, 1.807) is 12.1 Å². The smallest absolute Gasteiger partial charge is 0.245 e. The molecule has 0 saturated heterocycles. The van der Waals surface area contributed by atoms with Gasteiger partial charge >= 0.3 is 0 Å². The average Bonchev–Trinajstić information content (AvgIpc) is 2.55. The van der Waals surface area contributed by atoms with Gasteiger partial charge in [-0.1, -0.05) is 65.0 Å². The fraction of sp³-hybridized carbons (Fsp3) is 0.211. The summed E-state index contributed by atoms with van der Waals surface area (Å²) >= 11 is 3.35. The van der Waals surface area contributed by atoms with Crippen LogP contribution in [0.1, 0.15) is 30.4 Å². The zero-order chi connectivity index (χ0) is 17.7. The number of carbonyl (C=O) groups is 1. The molecule has 0 heterocycles. The number of hydrogen-bond donors (Lipinski definition) is 0. The molecule has 0 fully saturated rings. The summed E-state index contributed by atoms with van der Waals surface area (Å²) in [4.78, 5) is 23.2. The minimum absolute atomic E-state index is 0.0840. The van der Waals surface area contributed by atoms with Gasteiger partial charge in [-0.2, -0.15) is 0 Å². The highest BCUT2D eigenvalue weighted by atomic mass is 79.9. The lowest BCUT2D eigenvalue weighted by molar-refractivity contribution is -0.509. The first-order valence-electron chi connectivity index (χ1n) is 7.52. The normalized spacial score (nSPS) is 13.1. The van der Waals surface area contributed by atoms with Crippen LogP contribution in [0.25, 0.3) is 5.57 Å². The molecule has 0 aliphatic carbocycles. The molecular formula is C19H18BrNO3. The highest BCUT2D eigenvalue weighted by molar-refractivity contribution is 9.10. The Bertz CT molecular complexity index is 741. The van der Waals surface area contributed by atoms with Crippen LogP contribution >= 0.6 is 15.9 Å². The van der Waals surface area contributed by atoms with Crippen LogP contribution in [-0.2, 0) is 4.79 Å². The topological polar surface area (TPSA) is 60.2 Å². The van der Waals surface area contributed by atoms with Crippen LogP contribution in [-0.4, -0.2) is 16.7 Å². The minimum Gasteiger partial charge on any atom is -0.300 e. The van der Waals surface area contributed by atoms with Crippen LogP contribution < -0.4 is 0 Å². The van der Waals surface area contributed by atoms with Gasteiger partial charge in [-0.25, -0.2) is 0 Å². The van der Waals surface area contributed by atoms with Crippen molar-refractivity contribution in [1.29, 1.82) is 0 Å². The molecule has 0 saturated carbocycles. The van der Waals surface area contributed by atoms with Crippen molar-refractivity contribution in [2.24, 2.45) is 0 Å². The summed E-state index contributed by atoms with van der Waals surface area (Å²) < 4.78 is 0.889. The first kappa shape index (κ1) is 18.1. The number of Topliss-reactive ketones (excluding diaryl/α,β-unsaturated/α-hetero) is 1. The number of ketones is 1. The summed E-state index contributed by atoms with van der Waals surface area (Å²) in [5.41, 5.74) is 1.87. The number of nitro groups is 1. The predicted molar refractivity (Wildman–Crippen MR) is 98.4 cm³/mol. The lowest BCUT2D eigenvalue weighted by Crippen LogP contribution is -2.30. The van der Waals surface area contributed by atoms with E-state index in [0.717, 1.165) is 10.0 Å². The molecule has 4 nitrogen and oxygen atoms in total. The van der Waals surface area contributed by atoms with E-state index in [9.17, 15) is 14.9 Å². The van der Waals surface area contributed by atoms with E-state index in [2.05, 4.69) is 22.5 Å². The van der Waals surface area contributed by atoms with Gasteiger partial charge < -0.3 is 4.79 Å². The number of benzene rings is 2. The fourth-order valence-electron chi connectivity index (χ4n) is 2.77. The van der Waals surface area contributed by atoms with Gasteiger partial charge in [0.25, 0.3) is 0 Å². The van der Waals surface area contributed by atoms with Gasteiger partial charge in [0, 0.05) is 21.4 Å². The zero-order valence-electron chi connectivity index (χ0n) is 13.3. The fourth-order valence-corrected chi connectivity index (χ4v) is 3.04. The molecule has 0 aromatic heterocycles. The third kappa shape index (κ3) is 4.38. The Hall–Kier alpha value is -2.27. The molecule has 0 bridgehead atoms. The molecule has 24 heavy (non-hydrogen) atoms. The summed E-state index contributed by atoms with van der Waals surface area (Å²) in [6.45, 7) is 5.42. The van der Waals surface area contributed by atoms with Crippen molar-refractivity contribution in [3.05, 3.63) is 86.9 Å². The summed E-state index contributed by atoms with van der Waals surface area (Å²) in [5.74, 6) is -0.630. The van der Waals surface area contributed by atoms with Crippen molar-refractivity contribution in [3.8, 4) is 0 Å². The molecule has 0 spiro atoms. The van der Waals surface area contributed by atoms with Crippen molar-refractivity contribution in [2.75, 3.05) is 0 Å². The second kappa shape index (κ2) is 8.02. The molecular weight excluding hydrogens is 370 g/mol. The number of hydrogen-bond acceptors (Lipinski definition) is 3. The van der Waals surface area contributed by atoms with Gasteiger partial charge in [0.1, 0.15) is 5.78 Å². The Balaban J connectivity index is 2.44. The standard InChI is InChI=1S/C19H18BrNO3/c1-13(22)12-18(16-6-4-3-5-7-16)19(21(23)24)14(2)15-8-10-17(20)11-9-15/h3-11,18-19H,2,12H2,1H3/t18-,19+/m0/s1. The van der Waals surface area contributed by atoms with Gasteiger partial charge in [0.15, 0.2) is 0 Å². The quantitative estimate of drug-likeness (QED) is 0.502. The molecule has 0 aliphatic rings. The van der Waals surface area contributed by atoms with Crippen LogP contribution in [0.5, 0.6) is 0 Å². The first-order valence-corrected chi connectivity index (χ1v) is 8.32. The van der Waals surface area contributed by atoms with E-state index in [1.807, 2.05) is 42.5 Å². The van der Waals surface area contributed by atoms with Crippen molar-refractivity contribution in [3.63, 3.8) is 0 Å². The number of nitrogens with zero attached hydrogens (tertiary/aromatic N) is 1. The summed E-state index contributed by atoms with van der Waals surface area (Å²) in [6.07, 6.45) is 0.102. The summed E-state index contributed by atoms with van der Waals surface area (Å²) in [5, 5.41) is 11.8. The summed E-state index contributed by atoms with van der Waals surface area (Å²) in [6, 6.07) is 15.3. The third-order valence-electron chi connectivity index (χ3n) is 3.92. The van der Waals surface area contributed by atoms with Crippen molar-refractivity contribution >= 4 is 27.3 Å². The number of halogens is 1. The zero-order valence-corrected chi connectivity index (χ0v) is 14.9. The van der Waals surface area contributed by atoms with Gasteiger partial charge in [-0.15, -0.1) is 0 Å². The first-order chi connectivity index (χ1) is 11.4. The molecule has 2 atom stereocenters. The van der Waals surface area contributed by atoms with Gasteiger partial charge in [-0.3, -0.25) is 10.1 Å². The molecule has 0 unspecified atom stereocenters. The van der Waals surface area contributed by atoms with E-state index < -0.39 is 12.0 Å². The van der Waals surface area contributed by atoms with Crippen LogP contribution in [0.15, 0.2) is 65.6 Å². The largest absolute Gasteiger partial charge is 0.300 e. The minimum atomic E-state index is -1.06. The second-order valence-corrected chi connectivity index (χ2v) is 6.60. The Kier molecular flexibility index (Phi) is 6.04. The number of rotatable bonds is 7. The summed E-state index contributed by atoms with van der Waals surface area (Å²) in [7, 11) is 0. The van der Waals surface area contributed by atoms with Crippen LogP contribution in [0.3, 0.4) is 0 Å². The Labute approximate surface area is 149 Å². The van der Waals surface area contributed by atoms with Crippen LogP contribution in [0.4, 0.5) is 0 Å². The molecule has 0 amide bonds. The molecule has 2 aromatic carbocycles. The predicted octanol–water partition coefficient (Wildman–Crippen LogP) is 4.87. The maximum atomic E-state index is 11.8. The molecule has 2 rings (SSSR count). The van der Waals surface area contributed by atoms with E-state index in [1.165, 1.54) is 6.92 Å². The van der Waals surface area contributed by atoms with E-state index in [0.29, 0.717) is 11.1 Å². The Morgan fingerprint density at radius 3 is 2.25 bits per heavy atom. The van der Waals surface area contributed by atoms with E-state index >= 15 is 0 Å². The van der Waals surface area contributed by atoms with Gasteiger partial charge in [0.2, 0.25) is 6.04 Å². The molecule has 124 valence electrons. The highest BCUT2D eigenvalue weighted by Gasteiger charge is 2.36. The van der Waals surface area contributed by atoms with Gasteiger partial charge in [0.05, 0.1) is 5.92 Å². The maximum Gasteiger partial charge on any atom is 0.245 e. The third-order valence-corrected chi connectivity index (χ3v) is 4.44. The number of carbonyl (C=O) groups excluding carboxylic acids is 1. The lowest BCUT2D eigenvalue weighted by Gasteiger charge is -2.22. The lowest BCUT2D eigenvalue weighted by atomic mass is 9.82. The SMILES string of the molecule is C=C(c1ccc(Br)cc1)[C@H]([C@@H](CC(C)=O)c1ccccc1)[N+](=O)[O-]. The van der Waals surface area contributed by atoms with E-state index in [-0.39, 0.29) is 17.1 Å². The molecule has 0 radical (unpaired) electrons. The Morgan fingerprint density at radius 2 is 1.75 bits per heavy atom. The highest BCUT2D eigenvalue weighted by Crippen LogP contribution is 2.33. The van der Waals surface area contributed by atoms with Crippen molar-refractivity contribution in [1.82, 2.24) is 0 Å². The Morgan fingerprint density at radius 1 is 1.17 bits per heavy atom. The van der Waals surface area contributed by atoms with Crippen LogP contribution in [0, 0.1) is 10.1 Å². The van der Waals surface area contributed by atoms with Crippen LogP contribution in [0.2, 0.25) is 0 Å². The molecule has 0 N–H and O–H groups in total. The maximum absolute atomic E-state index is 11.8. The van der Waals surface area contributed by atoms with Crippen molar-refractivity contribution in [2.45, 2.75) is 25.3 Å².